The number of halogens is 1. The molecule has 0 radical (unpaired) electrons. The maximum atomic E-state index is 13.8. The van der Waals surface area contributed by atoms with Crippen molar-refractivity contribution in [3.63, 3.8) is 0 Å². The fourth-order valence-electron chi connectivity index (χ4n) is 2.74. The second-order valence-corrected chi connectivity index (χ2v) is 7.71. The van der Waals surface area contributed by atoms with E-state index >= 15 is 0 Å². The van der Waals surface area contributed by atoms with Gasteiger partial charge in [-0.25, -0.2) is 4.39 Å². The number of benzene rings is 2. The van der Waals surface area contributed by atoms with Crippen LogP contribution in [0.5, 0.6) is 5.75 Å². The Kier molecular flexibility index (Phi) is 6.89. The molecule has 3 amide bonds. The Bertz CT molecular complexity index is 991. The lowest BCUT2D eigenvalue weighted by Crippen LogP contribution is -2.41. The van der Waals surface area contributed by atoms with E-state index in [-0.39, 0.29) is 29.5 Å². The molecule has 1 aliphatic rings. The number of hydrogen-bond donors (Lipinski definition) is 1. The van der Waals surface area contributed by atoms with Crippen molar-refractivity contribution in [2.24, 2.45) is 0 Å². The van der Waals surface area contributed by atoms with Gasteiger partial charge in [-0.2, -0.15) is 0 Å². The summed E-state index contributed by atoms with van der Waals surface area (Å²) >= 11 is 0.748. The molecule has 1 N–H and O–H groups in total. The molecule has 0 saturated carbocycles. The van der Waals surface area contributed by atoms with Gasteiger partial charge in [-0.1, -0.05) is 35.9 Å². The van der Waals surface area contributed by atoms with Crippen LogP contribution in [0.1, 0.15) is 18.1 Å². The summed E-state index contributed by atoms with van der Waals surface area (Å²) in [6, 6.07) is 13.3. The van der Waals surface area contributed by atoms with Gasteiger partial charge in [-0.15, -0.1) is 0 Å². The number of ether oxygens (including phenoxy) is 1. The van der Waals surface area contributed by atoms with Crippen LogP contribution >= 0.6 is 11.8 Å². The number of aryl methyl sites for hydroxylation is 1. The van der Waals surface area contributed by atoms with Crippen molar-refractivity contribution in [2.45, 2.75) is 20.0 Å². The molecule has 1 saturated heterocycles. The Morgan fingerprint density at radius 1 is 1.20 bits per heavy atom. The van der Waals surface area contributed by atoms with Crippen molar-refractivity contribution < 1.29 is 23.5 Å². The van der Waals surface area contributed by atoms with Crippen LogP contribution < -0.4 is 10.1 Å². The van der Waals surface area contributed by atoms with E-state index in [1.807, 2.05) is 19.1 Å². The van der Waals surface area contributed by atoms with E-state index < -0.39 is 23.1 Å². The molecule has 0 spiro atoms. The fraction of sp³-hybridized carbons (Fsp3) is 0.227. The van der Waals surface area contributed by atoms with E-state index in [0.29, 0.717) is 5.75 Å². The number of thioether (sulfide) groups is 1. The van der Waals surface area contributed by atoms with Gasteiger partial charge in [-0.3, -0.25) is 19.3 Å². The summed E-state index contributed by atoms with van der Waals surface area (Å²) < 4.78 is 19.4. The lowest BCUT2D eigenvalue weighted by molar-refractivity contribution is -0.128. The van der Waals surface area contributed by atoms with E-state index in [1.54, 1.807) is 31.2 Å². The monoisotopic (exact) mass is 428 g/mol. The Balaban J connectivity index is 1.52. The van der Waals surface area contributed by atoms with Gasteiger partial charge < -0.3 is 10.1 Å². The van der Waals surface area contributed by atoms with Crippen LogP contribution in [0.2, 0.25) is 0 Å². The molecular formula is C22H21FN2O4S. The van der Waals surface area contributed by atoms with Crippen molar-refractivity contribution in [1.29, 1.82) is 0 Å². The molecule has 0 aromatic heterocycles. The quantitative estimate of drug-likeness (QED) is 0.680. The molecule has 1 fully saturated rings. The first-order valence-corrected chi connectivity index (χ1v) is 10.2. The number of nitrogens with one attached hydrogen (secondary N) is 1. The van der Waals surface area contributed by atoms with E-state index in [1.165, 1.54) is 18.2 Å². The van der Waals surface area contributed by atoms with Crippen LogP contribution in [0.3, 0.4) is 0 Å². The van der Waals surface area contributed by atoms with Gasteiger partial charge in [0.15, 0.2) is 6.10 Å². The van der Waals surface area contributed by atoms with Gasteiger partial charge in [0, 0.05) is 18.7 Å². The zero-order chi connectivity index (χ0) is 21.7. The molecule has 2 aromatic rings. The Morgan fingerprint density at radius 2 is 1.90 bits per heavy atom. The van der Waals surface area contributed by atoms with Gasteiger partial charge in [0.25, 0.3) is 17.1 Å². The van der Waals surface area contributed by atoms with E-state index in [4.69, 9.17) is 4.74 Å². The first kappa shape index (κ1) is 21.6. The topological polar surface area (TPSA) is 75.7 Å². The SMILES string of the molecule is Cc1ccc(OC(C)C(=O)NCCN2C(=O)S/C(=C\c3ccccc3F)C2=O)cc1. The number of carbonyl (C=O) groups is 3. The molecule has 1 unspecified atom stereocenters. The number of carbonyl (C=O) groups excluding carboxylic acids is 3. The summed E-state index contributed by atoms with van der Waals surface area (Å²) in [5.74, 6) is -0.762. The molecule has 8 heteroatoms. The maximum Gasteiger partial charge on any atom is 0.293 e. The minimum Gasteiger partial charge on any atom is -0.481 e. The highest BCUT2D eigenvalue weighted by molar-refractivity contribution is 8.18. The highest BCUT2D eigenvalue weighted by Gasteiger charge is 2.34. The number of rotatable bonds is 7. The Morgan fingerprint density at radius 3 is 2.60 bits per heavy atom. The molecule has 156 valence electrons. The highest BCUT2D eigenvalue weighted by atomic mass is 32.2. The molecule has 2 aromatic carbocycles. The smallest absolute Gasteiger partial charge is 0.293 e. The molecule has 0 bridgehead atoms. The summed E-state index contributed by atoms with van der Waals surface area (Å²) in [6.07, 6.45) is 0.625. The predicted molar refractivity (Wildman–Crippen MR) is 113 cm³/mol. The van der Waals surface area contributed by atoms with E-state index in [9.17, 15) is 18.8 Å². The summed E-state index contributed by atoms with van der Waals surface area (Å²) in [6.45, 7) is 3.68. The van der Waals surface area contributed by atoms with Gasteiger partial charge >= 0.3 is 0 Å². The average Bonchev–Trinajstić information content (AvgIpc) is 2.98. The van der Waals surface area contributed by atoms with Crippen LogP contribution in [0.25, 0.3) is 6.08 Å². The summed E-state index contributed by atoms with van der Waals surface area (Å²) in [7, 11) is 0. The van der Waals surface area contributed by atoms with Crippen molar-refractivity contribution in [1.82, 2.24) is 10.2 Å². The number of nitrogens with zero attached hydrogens (tertiary/aromatic N) is 1. The molecule has 1 aliphatic heterocycles. The standard InChI is InChI=1S/C22H21FN2O4S/c1-14-7-9-17(10-8-14)29-15(2)20(26)24-11-12-25-21(27)19(30-22(25)28)13-16-5-3-4-6-18(16)23/h3-10,13,15H,11-12H2,1-2H3,(H,24,26)/b19-13-. The van der Waals surface area contributed by atoms with Crippen LogP contribution in [0.4, 0.5) is 9.18 Å². The van der Waals surface area contributed by atoms with Crippen LogP contribution in [-0.4, -0.2) is 41.1 Å². The van der Waals surface area contributed by atoms with Crippen molar-refractivity contribution in [3.8, 4) is 5.75 Å². The molecule has 6 nitrogen and oxygen atoms in total. The Labute approximate surface area is 178 Å². The normalized spacial score (nSPS) is 16.1. The van der Waals surface area contributed by atoms with E-state index in [0.717, 1.165) is 22.2 Å². The Hall–Kier alpha value is -3.13. The second kappa shape index (κ2) is 9.58. The third kappa shape index (κ3) is 5.27. The van der Waals surface area contributed by atoms with Crippen LogP contribution in [0.15, 0.2) is 53.4 Å². The number of hydrogen-bond acceptors (Lipinski definition) is 5. The lowest BCUT2D eigenvalue weighted by atomic mass is 10.2. The van der Waals surface area contributed by atoms with Gasteiger partial charge in [-0.05, 0) is 49.9 Å². The first-order chi connectivity index (χ1) is 14.3. The van der Waals surface area contributed by atoms with Crippen LogP contribution in [0, 0.1) is 12.7 Å². The molecule has 0 aliphatic carbocycles. The van der Waals surface area contributed by atoms with Crippen molar-refractivity contribution in [3.05, 3.63) is 70.4 Å². The maximum absolute atomic E-state index is 13.8. The minimum atomic E-state index is -0.733. The molecule has 1 atom stereocenters. The van der Waals surface area contributed by atoms with Crippen molar-refractivity contribution in [2.75, 3.05) is 13.1 Å². The zero-order valence-electron chi connectivity index (χ0n) is 16.6. The second-order valence-electron chi connectivity index (χ2n) is 6.72. The first-order valence-electron chi connectivity index (χ1n) is 9.36. The predicted octanol–water partition coefficient (Wildman–Crippen LogP) is 3.75. The van der Waals surface area contributed by atoms with Gasteiger partial charge in [0.2, 0.25) is 0 Å². The third-order valence-corrected chi connectivity index (χ3v) is 5.31. The number of amides is 3. The average molecular weight is 428 g/mol. The highest BCUT2D eigenvalue weighted by Crippen LogP contribution is 2.32. The summed E-state index contributed by atoms with van der Waals surface area (Å²) in [5, 5.41) is 2.20. The molecular weight excluding hydrogens is 407 g/mol. The molecule has 1 heterocycles. The van der Waals surface area contributed by atoms with Crippen LogP contribution in [-0.2, 0) is 9.59 Å². The fourth-order valence-corrected chi connectivity index (χ4v) is 3.59. The van der Waals surface area contributed by atoms with Gasteiger partial charge in [0.1, 0.15) is 11.6 Å². The van der Waals surface area contributed by atoms with Crippen molar-refractivity contribution >= 4 is 34.9 Å². The minimum absolute atomic E-state index is 0.0161. The summed E-state index contributed by atoms with van der Waals surface area (Å²) in [5.41, 5.74) is 1.32. The summed E-state index contributed by atoms with van der Waals surface area (Å²) in [4.78, 5) is 38.0. The van der Waals surface area contributed by atoms with E-state index in [2.05, 4.69) is 5.32 Å². The largest absolute Gasteiger partial charge is 0.481 e. The zero-order valence-corrected chi connectivity index (χ0v) is 17.4. The molecule has 30 heavy (non-hydrogen) atoms. The third-order valence-electron chi connectivity index (χ3n) is 4.40. The van der Waals surface area contributed by atoms with Gasteiger partial charge in [0.05, 0.1) is 4.91 Å². The lowest BCUT2D eigenvalue weighted by Gasteiger charge is -2.16. The number of imide groups is 1. The molecule has 3 rings (SSSR count).